The van der Waals surface area contributed by atoms with Crippen molar-refractivity contribution in [1.29, 1.82) is 0 Å². The van der Waals surface area contributed by atoms with E-state index in [1.54, 1.807) is 31.2 Å². The zero-order valence-electron chi connectivity index (χ0n) is 13.8. The minimum absolute atomic E-state index is 0.0775. The van der Waals surface area contributed by atoms with Crippen molar-refractivity contribution in [3.8, 4) is 5.75 Å². The Morgan fingerprint density at radius 3 is 2.42 bits per heavy atom. The number of hydrogen-bond acceptors (Lipinski definition) is 3. The molecule has 0 radical (unpaired) electrons. The highest BCUT2D eigenvalue weighted by molar-refractivity contribution is 6.30. The molecule has 0 heterocycles. The number of benzene rings is 2. The zero-order valence-corrected chi connectivity index (χ0v) is 14.6. The first kappa shape index (κ1) is 19.7. The molecular weight excluding hydrogens is 366 g/mol. The number of rotatable bonds is 7. The summed E-state index contributed by atoms with van der Waals surface area (Å²) in [5.74, 6) is -1.36. The fourth-order valence-electron chi connectivity index (χ4n) is 2.24. The maximum absolute atomic E-state index is 12.4. The second-order valence-electron chi connectivity index (χ2n) is 5.40. The smallest absolute Gasteiger partial charge is 0.387 e. The lowest BCUT2D eigenvalue weighted by Crippen LogP contribution is -2.38. The van der Waals surface area contributed by atoms with Gasteiger partial charge < -0.3 is 15.4 Å². The molecule has 0 bridgehead atoms. The molecule has 8 heteroatoms. The van der Waals surface area contributed by atoms with Crippen LogP contribution < -0.4 is 15.4 Å². The molecule has 26 heavy (non-hydrogen) atoms. The Morgan fingerprint density at radius 2 is 1.77 bits per heavy atom. The number of para-hydroxylation sites is 1. The van der Waals surface area contributed by atoms with Crippen molar-refractivity contribution >= 4 is 23.4 Å². The average Bonchev–Trinajstić information content (AvgIpc) is 2.60. The lowest BCUT2D eigenvalue weighted by molar-refractivity contribution is -0.120. The van der Waals surface area contributed by atoms with Crippen LogP contribution in [0.2, 0.25) is 5.02 Å². The Balaban J connectivity index is 1.91. The van der Waals surface area contributed by atoms with Crippen LogP contribution in [-0.4, -0.2) is 25.0 Å². The van der Waals surface area contributed by atoms with Crippen LogP contribution in [0.1, 0.15) is 28.9 Å². The Hall–Kier alpha value is -2.67. The Bertz CT molecular complexity index is 769. The number of carbonyl (C=O) groups is 2. The van der Waals surface area contributed by atoms with Crippen molar-refractivity contribution in [2.75, 3.05) is 6.54 Å². The highest BCUT2D eigenvalue weighted by Crippen LogP contribution is 2.20. The summed E-state index contributed by atoms with van der Waals surface area (Å²) in [5, 5.41) is 5.69. The van der Waals surface area contributed by atoms with Crippen LogP contribution >= 0.6 is 11.6 Å². The number of alkyl halides is 2. The third-order valence-electron chi connectivity index (χ3n) is 3.50. The summed E-state index contributed by atoms with van der Waals surface area (Å²) in [5.41, 5.74) is 0.774. The van der Waals surface area contributed by atoms with Gasteiger partial charge in [-0.25, -0.2) is 0 Å². The van der Waals surface area contributed by atoms with Gasteiger partial charge in [-0.1, -0.05) is 35.9 Å². The number of hydrogen-bond donors (Lipinski definition) is 2. The van der Waals surface area contributed by atoms with Gasteiger partial charge in [0.2, 0.25) is 5.91 Å². The fourth-order valence-corrected chi connectivity index (χ4v) is 2.36. The highest BCUT2D eigenvalue weighted by atomic mass is 35.5. The fraction of sp³-hybridized carbons (Fsp3) is 0.222. The summed E-state index contributed by atoms with van der Waals surface area (Å²) in [6.45, 7) is -1.57. The first-order valence-electron chi connectivity index (χ1n) is 7.73. The highest BCUT2D eigenvalue weighted by Gasteiger charge is 2.16. The lowest BCUT2D eigenvalue weighted by atomic mass is 10.1. The Morgan fingerprint density at radius 1 is 1.12 bits per heavy atom. The molecule has 2 aromatic carbocycles. The quantitative estimate of drug-likeness (QED) is 0.769. The van der Waals surface area contributed by atoms with E-state index in [4.69, 9.17) is 11.6 Å². The van der Waals surface area contributed by atoms with Crippen LogP contribution in [0.4, 0.5) is 8.78 Å². The van der Waals surface area contributed by atoms with Crippen molar-refractivity contribution in [3.05, 3.63) is 64.7 Å². The number of amides is 2. The molecule has 0 fully saturated rings. The molecule has 2 rings (SSSR count). The van der Waals surface area contributed by atoms with Crippen molar-refractivity contribution in [3.63, 3.8) is 0 Å². The Labute approximate surface area is 154 Å². The predicted octanol–water partition coefficient (Wildman–Crippen LogP) is 3.55. The Kier molecular flexibility index (Phi) is 6.91. The van der Waals surface area contributed by atoms with Crippen molar-refractivity contribution < 1.29 is 23.1 Å². The number of carbonyl (C=O) groups excluding carboxylic acids is 2. The van der Waals surface area contributed by atoms with Crippen LogP contribution in [0, 0.1) is 0 Å². The van der Waals surface area contributed by atoms with E-state index in [0.29, 0.717) is 5.02 Å². The minimum atomic E-state index is -3.05. The summed E-state index contributed by atoms with van der Waals surface area (Å²) in [4.78, 5) is 24.1. The van der Waals surface area contributed by atoms with E-state index in [-0.39, 0.29) is 23.9 Å². The molecule has 5 nitrogen and oxygen atoms in total. The SMILES string of the molecule is CC(NC(=O)CNC(=O)c1ccccc1OC(F)F)c1ccc(Cl)cc1. The molecule has 0 saturated carbocycles. The number of halogens is 3. The molecule has 1 unspecified atom stereocenters. The number of nitrogens with one attached hydrogen (secondary N) is 2. The molecule has 2 amide bonds. The molecule has 0 aliphatic carbocycles. The average molecular weight is 383 g/mol. The van der Waals surface area contributed by atoms with Gasteiger partial charge in [-0.2, -0.15) is 8.78 Å². The van der Waals surface area contributed by atoms with E-state index in [1.165, 1.54) is 24.3 Å². The van der Waals surface area contributed by atoms with E-state index >= 15 is 0 Å². The summed E-state index contributed by atoms with van der Waals surface area (Å²) in [6.07, 6.45) is 0. The van der Waals surface area contributed by atoms with Crippen LogP contribution in [-0.2, 0) is 4.79 Å². The molecule has 0 aliphatic rings. The predicted molar refractivity (Wildman–Crippen MR) is 93.4 cm³/mol. The van der Waals surface area contributed by atoms with E-state index in [9.17, 15) is 18.4 Å². The van der Waals surface area contributed by atoms with Gasteiger partial charge in [-0.15, -0.1) is 0 Å². The van der Waals surface area contributed by atoms with Crippen molar-refractivity contribution in [2.24, 2.45) is 0 Å². The standard InChI is InChI=1S/C18H17ClF2N2O3/c1-11(12-6-8-13(19)9-7-12)23-16(24)10-22-17(25)14-4-2-3-5-15(14)26-18(20)21/h2-9,11,18H,10H2,1H3,(H,22,25)(H,23,24). The molecule has 2 aromatic rings. The van der Waals surface area contributed by atoms with Crippen LogP contribution in [0.3, 0.4) is 0 Å². The normalized spacial score (nSPS) is 11.7. The lowest BCUT2D eigenvalue weighted by Gasteiger charge is -2.15. The summed E-state index contributed by atoms with van der Waals surface area (Å²) in [6, 6.07) is 12.3. The summed E-state index contributed by atoms with van der Waals surface area (Å²) in [7, 11) is 0. The topological polar surface area (TPSA) is 67.4 Å². The first-order valence-corrected chi connectivity index (χ1v) is 8.11. The molecule has 1 atom stereocenters. The van der Waals surface area contributed by atoms with E-state index < -0.39 is 18.4 Å². The maximum Gasteiger partial charge on any atom is 0.387 e. The minimum Gasteiger partial charge on any atom is -0.434 e. The molecule has 138 valence electrons. The van der Waals surface area contributed by atoms with E-state index in [1.807, 2.05) is 0 Å². The molecule has 0 spiro atoms. The third kappa shape index (κ3) is 5.70. The molecule has 0 aromatic heterocycles. The van der Waals surface area contributed by atoms with Crippen LogP contribution in [0.5, 0.6) is 5.75 Å². The van der Waals surface area contributed by atoms with Gasteiger partial charge in [0.15, 0.2) is 0 Å². The molecule has 0 aliphatic heterocycles. The number of ether oxygens (including phenoxy) is 1. The largest absolute Gasteiger partial charge is 0.434 e. The summed E-state index contributed by atoms with van der Waals surface area (Å²) < 4.78 is 29.1. The van der Waals surface area contributed by atoms with E-state index in [0.717, 1.165) is 5.56 Å². The van der Waals surface area contributed by atoms with Gasteiger partial charge in [-0.05, 0) is 36.8 Å². The van der Waals surface area contributed by atoms with Gasteiger partial charge in [0, 0.05) is 5.02 Å². The molecule has 2 N–H and O–H groups in total. The van der Waals surface area contributed by atoms with Crippen molar-refractivity contribution in [1.82, 2.24) is 10.6 Å². The van der Waals surface area contributed by atoms with Gasteiger partial charge in [0.25, 0.3) is 5.91 Å². The van der Waals surface area contributed by atoms with Gasteiger partial charge in [-0.3, -0.25) is 9.59 Å². The van der Waals surface area contributed by atoms with Crippen LogP contribution in [0.15, 0.2) is 48.5 Å². The first-order chi connectivity index (χ1) is 12.4. The third-order valence-corrected chi connectivity index (χ3v) is 3.76. The second-order valence-corrected chi connectivity index (χ2v) is 5.83. The maximum atomic E-state index is 12.4. The molecule has 0 saturated heterocycles. The van der Waals surface area contributed by atoms with E-state index in [2.05, 4.69) is 15.4 Å². The second kappa shape index (κ2) is 9.15. The monoisotopic (exact) mass is 382 g/mol. The zero-order chi connectivity index (χ0) is 19.1. The van der Waals surface area contributed by atoms with Gasteiger partial charge in [0.1, 0.15) is 5.75 Å². The summed E-state index contributed by atoms with van der Waals surface area (Å²) >= 11 is 5.82. The van der Waals surface area contributed by atoms with Gasteiger partial charge in [0.05, 0.1) is 18.2 Å². The molecular formula is C18H17ClF2N2O3. The van der Waals surface area contributed by atoms with Crippen molar-refractivity contribution in [2.45, 2.75) is 19.6 Å². The van der Waals surface area contributed by atoms with Crippen LogP contribution in [0.25, 0.3) is 0 Å². The van der Waals surface area contributed by atoms with Gasteiger partial charge >= 0.3 is 6.61 Å².